The van der Waals surface area contributed by atoms with Crippen molar-refractivity contribution in [2.45, 2.75) is 71.8 Å². The van der Waals surface area contributed by atoms with Crippen LogP contribution in [0.25, 0.3) is 10.9 Å². The second kappa shape index (κ2) is 12.3. The monoisotopic (exact) mass is 570 g/mol. The first kappa shape index (κ1) is 29.4. The van der Waals surface area contributed by atoms with Gasteiger partial charge in [0.1, 0.15) is 18.4 Å². The fourth-order valence-corrected chi connectivity index (χ4v) is 4.76. The Kier molecular flexibility index (Phi) is 8.81. The van der Waals surface area contributed by atoms with Gasteiger partial charge in [-0.3, -0.25) is 24.0 Å². The van der Waals surface area contributed by atoms with Gasteiger partial charge in [0, 0.05) is 50.4 Å². The summed E-state index contributed by atoms with van der Waals surface area (Å²) < 4.78 is 30.7. The molecule has 41 heavy (non-hydrogen) atoms. The molecule has 1 fully saturated rings. The number of Topliss-reactive ketones (excluding diaryl/α,β-unsaturated/α-hetero) is 1. The van der Waals surface area contributed by atoms with E-state index in [9.17, 15) is 24.0 Å². The minimum atomic E-state index is -1.33. The third kappa shape index (κ3) is 6.77. The predicted octanol–water partition coefficient (Wildman–Crippen LogP) is 1.74. The number of ketones is 1. The fraction of sp³-hybridized carbons (Fsp3) is 0.444. The number of benzene rings is 1. The van der Waals surface area contributed by atoms with Crippen molar-refractivity contribution in [1.29, 1.82) is 0 Å². The number of rotatable bonds is 9. The molecule has 0 aliphatic carbocycles. The van der Waals surface area contributed by atoms with Crippen LogP contribution in [0.1, 0.15) is 56.9 Å². The number of hydrogen-bond acceptors (Lipinski definition) is 12. The molecule has 14 nitrogen and oxygen atoms in total. The van der Waals surface area contributed by atoms with Crippen molar-refractivity contribution in [3.63, 3.8) is 0 Å². The number of para-hydroxylation sites is 1. The van der Waals surface area contributed by atoms with E-state index >= 15 is 0 Å². The smallest absolute Gasteiger partial charge is 0.303 e. The third-order valence-electron chi connectivity index (χ3n) is 6.28. The lowest BCUT2D eigenvalue weighted by Gasteiger charge is -2.44. The highest BCUT2D eigenvalue weighted by molar-refractivity contribution is 6.06. The summed E-state index contributed by atoms with van der Waals surface area (Å²) in [5, 5.41) is 9.18. The molecule has 1 saturated heterocycles. The molecule has 0 N–H and O–H groups in total. The van der Waals surface area contributed by atoms with E-state index in [1.807, 2.05) is 28.8 Å². The van der Waals surface area contributed by atoms with E-state index in [4.69, 9.17) is 23.7 Å². The van der Waals surface area contributed by atoms with E-state index < -0.39 is 54.5 Å². The Balaban J connectivity index is 1.71. The van der Waals surface area contributed by atoms with Crippen molar-refractivity contribution < 1.29 is 47.7 Å². The molecule has 1 aliphatic heterocycles. The summed E-state index contributed by atoms with van der Waals surface area (Å²) in [5.74, 6) is -2.89. The zero-order valence-electron chi connectivity index (χ0n) is 23.1. The summed E-state index contributed by atoms with van der Waals surface area (Å²) in [7, 11) is 0. The molecule has 218 valence electrons. The summed E-state index contributed by atoms with van der Waals surface area (Å²) in [6, 6.07) is 7.44. The summed E-state index contributed by atoms with van der Waals surface area (Å²) >= 11 is 0. The van der Waals surface area contributed by atoms with Gasteiger partial charge in [0.2, 0.25) is 0 Å². The first-order chi connectivity index (χ1) is 19.4. The number of fused-ring (bicyclic) bond motifs is 1. The van der Waals surface area contributed by atoms with Gasteiger partial charge in [-0.2, -0.15) is 0 Å². The Hall–Kier alpha value is -4.59. The molecule has 0 radical (unpaired) electrons. The van der Waals surface area contributed by atoms with E-state index in [0.29, 0.717) is 11.3 Å². The first-order valence-electron chi connectivity index (χ1n) is 12.7. The number of esters is 4. The van der Waals surface area contributed by atoms with Crippen LogP contribution in [-0.2, 0) is 49.4 Å². The van der Waals surface area contributed by atoms with Crippen LogP contribution in [-0.4, -0.2) is 80.2 Å². The van der Waals surface area contributed by atoms with Gasteiger partial charge in [-0.15, -0.1) is 5.10 Å². The molecule has 5 atom stereocenters. The lowest BCUT2D eigenvalue weighted by atomic mass is 9.97. The largest absolute Gasteiger partial charge is 0.463 e. The highest BCUT2D eigenvalue weighted by atomic mass is 16.7. The Bertz CT molecular complexity index is 1480. The maximum atomic E-state index is 12.2. The Labute approximate surface area is 234 Å². The zero-order valence-corrected chi connectivity index (χ0v) is 23.1. The highest BCUT2D eigenvalue weighted by Crippen LogP contribution is 2.34. The maximum absolute atomic E-state index is 12.2. The van der Waals surface area contributed by atoms with Crippen molar-refractivity contribution in [2.24, 2.45) is 0 Å². The first-order valence-corrected chi connectivity index (χ1v) is 12.7. The molecule has 3 heterocycles. The van der Waals surface area contributed by atoms with E-state index in [-0.39, 0.29) is 18.9 Å². The molecule has 1 aromatic carbocycles. The number of carbonyl (C=O) groups excluding carboxylic acids is 5. The van der Waals surface area contributed by atoms with Gasteiger partial charge < -0.3 is 28.3 Å². The van der Waals surface area contributed by atoms with Crippen molar-refractivity contribution >= 4 is 40.6 Å². The van der Waals surface area contributed by atoms with Crippen LogP contribution in [0.15, 0.2) is 36.7 Å². The maximum Gasteiger partial charge on any atom is 0.303 e. The van der Waals surface area contributed by atoms with Crippen LogP contribution < -0.4 is 0 Å². The number of nitrogens with zero attached hydrogens (tertiary/aromatic N) is 4. The van der Waals surface area contributed by atoms with Crippen LogP contribution in [0, 0.1) is 0 Å². The molecule has 2 aromatic heterocycles. The van der Waals surface area contributed by atoms with Gasteiger partial charge >= 0.3 is 23.9 Å². The SMILES string of the molecule is CC(=O)OC[C@H]1O[C@@H](n2cc(Cn3cc(C(C)=O)c4ccccc43)nn2)[C@H](OC(C)=O)[C@@H](OC(C)=O)[C@@H]1OC(C)=O. The molecule has 0 amide bonds. The third-order valence-corrected chi connectivity index (χ3v) is 6.28. The Morgan fingerprint density at radius 1 is 0.829 bits per heavy atom. The average molecular weight is 571 g/mol. The second-order valence-electron chi connectivity index (χ2n) is 9.52. The quantitative estimate of drug-likeness (QED) is 0.208. The molecule has 1 aliphatic rings. The summed E-state index contributed by atoms with van der Waals surface area (Å²) in [6.07, 6.45) is -2.99. The van der Waals surface area contributed by atoms with Crippen molar-refractivity contribution in [3.8, 4) is 0 Å². The van der Waals surface area contributed by atoms with Gasteiger partial charge in [-0.1, -0.05) is 23.4 Å². The minimum Gasteiger partial charge on any atom is -0.463 e. The topological polar surface area (TPSA) is 167 Å². The van der Waals surface area contributed by atoms with E-state index in [1.165, 1.54) is 18.5 Å². The van der Waals surface area contributed by atoms with Gasteiger partial charge in [-0.05, 0) is 13.0 Å². The number of hydrogen-bond donors (Lipinski definition) is 0. The summed E-state index contributed by atoms with van der Waals surface area (Å²) in [6.45, 7) is 6.01. The molecule has 0 unspecified atom stereocenters. The Morgan fingerprint density at radius 3 is 2.10 bits per heavy atom. The van der Waals surface area contributed by atoms with Crippen molar-refractivity contribution in [3.05, 3.63) is 47.9 Å². The zero-order chi connectivity index (χ0) is 29.8. The van der Waals surface area contributed by atoms with Crippen molar-refractivity contribution in [2.75, 3.05) is 6.61 Å². The molecule has 0 spiro atoms. The lowest BCUT2D eigenvalue weighted by molar-refractivity contribution is -0.270. The van der Waals surface area contributed by atoms with Gasteiger partial charge in [0.15, 0.2) is 30.3 Å². The van der Waals surface area contributed by atoms with Crippen LogP contribution in [0.2, 0.25) is 0 Å². The summed E-state index contributed by atoms with van der Waals surface area (Å²) in [4.78, 5) is 59.8. The van der Waals surface area contributed by atoms with Crippen LogP contribution >= 0.6 is 0 Å². The normalized spacial score (nSPS) is 22.1. The summed E-state index contributed by atoms with van der Waals surface area (Å²) in [5.41, 5.74) is 1.85. The van der Waals surface area contributed by atoms with Gasteiger partial charge in [0.25, 0.3) is 0 Å². The standard InChI is InChI=1S/C27H30N4O10/c1-14(32)21-12-30(22-9-7-6-8-20(21)22)10-19-11-31(29-28-19)27-26(40-18(5)36)25(39-17(4)35)24(38-16(3)34)23(41-27)13-37-15(2)33/h6-9,11-12,23-27H,10,13H2,1-5H3/t23-,24-,25+,26-,27-/m1/s1. The average Bonchev–Trinajstić information content (AvgIpc) is 3.50. The van der Waals surface area contributed by atoms with Crippen LogP contribution in [0.3, 0.4) is 0 Å². The number of carbonyl (C=O) groups is 5. The lowest BCUT2D eigenvalue weighted by Crippen LogP contribution is -2.60. The second-order valence-corrected chi connectivity index (χ2v) is 9.52. The predicted molar refractivity (Wildman–Crippen MR) is 138 cm³/mol. The Morgan fingerprint density at radius 2 is 1.46 bits per heavy atom. The number of ether oxygens (including phenoxy) is 5. The molecule has 0 saturated carbocycles. The van der Waals surface area contributed by atoms with E-state index in [1.54, 1.807) is 12.4 Å². The van der Waals surface area contributed by atoms with Crippen LogP contribution in [0.4, 0.5) is 0 Å². The molecule has 3 aromatic rings. The molecule has 0 bridgehead atoms. The molecular weight excluding hydrogens is 540 g/mol. The van der Waals surface area contributed by atoms with E-state index in [2.05, 4.69) is 10.3 Å². The number of aromatic nitrogens is 4. The minimum absolute atomic E-state index is 0.0823. The van der Waals surface area contributed by atoms with E-state index in [0.717, 1.165) is 31.7 Å². The molecule has 4 rings (SSSR count). The molecule has 14 heteroatoms. The molecular formula is C27H30N4O10. The van der Waals surface area contributed by atoms with Crippen molar-refractivity contribution in [1.82, 2.24) is 19.6 Å². The van der Waals surface area contributed by atoms with Gasteiger partial charge in [-0.25, -0.2) is 4.68 Å². The van der Waals surface area contributed by atoms with Gasteiger partial charge in [0.05, 0.1) is 12.7 Å². The highest BCUT2D eigenvalue weighted by Gasteiger charge is 2.53. The fourth-order valence-electron chi connectivity index (χ4n) is 4.76. The van der Waals surface area contributed by atoms with Crippen LogP contribution in [0.5, 0.6) is 0 Å².